The first-order valence-corrected chi connectivity index (χ1v) is 8.58. The number of ether oxygens (including phenoxy) is 1. The van der Waals surface area contributed by atoms with E-state index in [1.807, 2.05) is 61.5 Å². The summed E-state index contributed by atoms with van der Waals surface area (Å²) in [7, 11) is 0. The molecule has 0 atom stereocenters. The highest BCUT2D eigenvalue weighted by molar-refractivity contribution is 6.07. The van der Waals surface area contributed by atoms with E-state index >= 15 is 0 Å². The topological polar surface area (TPSA) is 69.0 Å². The molecule has 0 saturated carbocycles. The smallest absolute Gasteiger partial charge is 0.276 e. The number of nitrogens with zero attached hydrogens (tertiary/aromatic N) is 3. The summed E-state index contributed by atoms with van der Waals surface area (Å²) in [6.07, 6.45) is 3.42. The van der Waals surface area contributed by atoms with E-state index in [2.05, 4.69) is 15.4 Å². The van der Waals surface area contributed by atoms with E-state index in [1.165, 1.54) is 0 Å². The van der Waals surface area contributed by atoms with Crippen molar-refractivity contribution in [2.24, 2.45) is 0 Å². The third kappa shape index (κ3) is 3.64. The molecule has 2 heterocycles. The first-order chi connectivity index (χ1) is 13.2. The van der Waals surface area contributed by atoms with Crippen LogP contribution in [0.5, 0.6) is 5.75 Å². The lowest BCUT2D eigenvalue weighted by Gasteiger charge is -2.08. The number of aromatic nitrogens is 3. The summed E-state index contributed by atoms with van der Waals surface area (Å²) < 4.78 is 7.34. The van der Waals surface area contributed by atoms with Crippen LogP contribution in [-0.4, -0.2) is 20.7 Å². The van der Waals surface area contributed by atoms with Crippen LogP contribution < -0.4 is 10.1 Å². The molecule has 0 fully saturated rings. The highest BCUT2D eigenvalue weighted by Crippen LogP contribution is 2.21. The summed E-state index contributed by atoms with van der Waals surface area (Å²) in [5.74, 6) is 0.503. The van der Waals surface area contributed by atoms with E-state index < -0.39 is 0 Å². The maximum Gasteiger partial charge on any atom is 0.276 e. The second-order valence-electron chi connectivity index (χ2n) is 6.11. The van der Waals surface area contributed by atoms with E-state index in [0.717, 1.165) is 22.2 Å². The van der Waals surface area contributed by atoms with Crippen LogP contribution in [0, 0.1) is 6.92 Å². The standard InChI is InChI=1S/C21H18N4O2/c1-15-6-2-3-10-19(15)27-14-25-13-11-18(24-25)21(26)23-17-9-4-7-16-8-5-12-22-20(16)17/h2-13H,14H2,1H3,(H,23,26). The molecule has 4 rings (SSSR count). The number of hydrogen-bond donors (Lipinski definition) is 1. The molecular formula is C21H18N4O2. The van der Waals surface area contributed by atoms with E-state index in [-0.39, 0.29) is 12.6 Å². The molecule has 6 heteroatoms. The maximum atomic E-state index is 12.5. The Kier molecular flexibility index (Phi) is 4.53. The summed E-state index contributed by atoms with van der Waals surface area (Å²) in [6, 6.07) is 18.9. The number of benzene rings is 2. The second kappa shape index (κ2) is 7.29. The second-order valence-corrected chi connectivity index (χ2v) is 6.11. The molecule has 1 N–H and O–H groups in total. The van der Waals surface area contributed by atoms with E-state index in [0.29, 0.717) is 11.4 Å². The van der Waals surface area contributed by atoms with E-state index in [4.69, 9.17) is 4.74 Å². The third-order valence-corrected chi connectivity index (χ3v) is 4.20. The summed E-state index contributed by atoms with van der Waals surface area (Å²) >= 11 is 0. The molecule has 0 radical (unpaired) electrons. The molecule has 0 aliphatic heterocycles. The number of nitrogens with one attached hydrogen (secondary N) is 1. The van der Waals surface area contributed by atoms with E-state index in [9.17, 15) is 4.79 Å². The number of fused-ring (bicyclic) bond motifs is 1. The average Bonchev–Trinajstić information content (AvgIpc) is 3.17. The van der Waals surface area contributed by atoms with Gasteiger partial charge in [0, 0.05) is 17.8 Å². The zero-order valence-electron chi connectivity index (χ0n) is 14.8. The van der Waals surface area contributed by atoms with Gasteiger partial charge in [0.1, 0.15) is 5.75 Å². The molecular weight excluding hydrogens is 340 g/mol. The minimum atomic E-state index is -0.289. The van der Waals surface area contributed by atoms with Crippen molar-refractivity contribution in [3.8, 4) is 5.75 Å². The monoisotopic (exact) mass is 358 g/mol. The lowest BCUT2D eigenvalue weighted by atomic mass is 10.2. The van der Waals surface area contributed by atoms with Gasteiger partial charge >= 0.3 is 0 Å². The summed E-state index contributed by atoms with van der Waals surface area (Å²) in [6.45, 7) is 2.21. The number of hydrogen-bond acceptors (Lipinski definition) is 4. The molecule has 0 aliphatic rings. The van der Waals surface area contributed by atoms with Crippen LogP contribution >= 0.6 is 0 Å². The van der Waals surface area contributed by atoms with Gasteiger partial charge in [-0.05, 0) is 36.8 Å². The van der Waals surface area contributed by atoms with Crippen LogP contribution in [0.25, 0.3) is 10.9 Å². The zero-order valence-corrected chi connectivity index (χ0v) is 14.8. The minimum absolute atomic E-state index is 0.230. The van der Waals surface area contributed by atoms with Crippen molar-refractivity contribution >= 4 is 22.5 Å². The van der Waals surface area contributed by atoms with Crippen molar-refractivity contribution in [2.45, 2.75) is 13.7 Å². The normalized spacial score (nSPS) is 10.7. The molecule has 0 spiro atoms. The largest absolute Gasteiger partial charge is 0.471 e. The van der Waals surface area contributed by atoms with Crippen molar-refractivity contribution in [2.75, 3.05) is 5.32 Å². The molecule has 4 aromatic rings. The Morgan fingerprint density at radius 2 is 1.93 bits per heavy atom. The summed E-state index contributed by atoms with van der Waals surface area (Å²) in [4.78, 5) is 16.9. The average molecular weight is 358 g/mol. The fourth-order valence-corrected chi connectivity index (χ4v) is 2.80. The van der Waals surface area contributed by atoms with Crippen molar-refractivity contribution in [3.05, 3.63) is 84.3 Å². The van der Waals surface area contributed by atoms with Gasteiger partial charge in [0.05, 0.1) is 11.2 Å². The number of pyridine rings is 1. The van der Waals surface area contributed by atoms with Gasteiger partial charge in [-0.1, -0.05) is 36.4 Å². The van der Waals surface area contributed by atoms with Gasteiger partial charge in [-0.3, -0.25) is 9.78 Å². The number of amides is 1. The molecule has 2 aromatic carbocycles. The van der Waals surface area contributed by atoms with Gasteiger partial charge in [-0.2, -0.15) is 5.10 Å². The fraction of sp³-hybridized carbons (Fsp3) is 0.0952. The number of anilines is 1. The van der Waals surface area contributed by atoms with Gasteiger partial charge in [0.25, 0.3) is 5.91 Å². The third-order valence-electron chi connectivity index (χ3n) is 4.20. The van der Waals surface area contributed by atoms with Gasteiger partial charge in [0.15, 0.2) is 12.4 Å². The molecule has 0 unspecified atom stereocenters. The molecule has 0 bridgehead atoms. The number of rotatable bonds is 5. The predicted molar refractivity (Wildman–Crippen MR) is 104 cm³/mol. The predicted octanol–water partition coefficient (Wildman–Crippen LogP) is 4.03. The number of aryl methyl sites for hydroxylation is 1. The maximum absolute atomic E-state index is 12.5. The fourth-order valence-electron chi connectivity index (χ4n) is 2.80. The van der Waals surface area contributed by atoms with Crippen LogP contribution in [0.2, 0.25) is 0 Å². The van der Waals surface area contributed by atoms with Crippen molar-refractivity contribution in [1.82, 2.24) is 14.8 Å². The Balaban J connectivity index is 1.46. The summed E-state index contributed by atoms with van der Waals surface area (Å²) in [5, 5.41) is 8.13. The molecule has 0 saturated heterocycles. The molecule has 27 heavy (non-hydrogen) atoms. The van der Waals surface area contributed by atoms with Gasteiger partial charge in [0.2, 0.25) is 0 Å². The Bertz CT molecular complexity index is 1100. The Hall–Kier alpha value is -3.67. The molecule has 1 amide bonds. The van der Waals surface area contributed by atoms with E-state index in [1.54, 1.807) is 23.1 Å². The Morgan fingerprint density at radius 3 is 2.81 bits per heavy atom. The summed E-state index contributed by atoms with van der Waals surface area (Å²) in [5.41, 5.74) is 2.77. The Morgan fingerprint density at radius 1 is 1.07 bits per heavy atom. The zero-order chi connectivity index (χ0) is 18.6. The first kappa shape index (κ1) is 16.8. The number of para-hydroxylation sites is 2. The van der Waals surface area contributed by atoms with Crippen molar-refractivity contribution < 1.29 is 9.53 Å². The first-order valence-electron chi connectivity index (χ1n) is 8.58. The Labute approximate surface area is 156 Å². The molecule has 0 aliphatic carbocycles. The molecule has 134 valence electrons. The van der Waals surface area contributed by atoms with Crippen molar-refractivity contribution in [1.29, 1.82) is 0 Å². The van der Waals surface area contributed by atoms with Gasteiger partial charge < -0.3 is 10.1 Å². The van der Waals surface area contributed by atoms with Gasteiger partial charge in [-0.25, -0.2) is 4.68 Å². The highest BCUT2D eigenvalue weighted by Gasteiger charge is 2.12. The number of carbonyl (C=O) groups excluding carboxylic acids is 1. The SMILES string of the molecule is Cc1ccccc1OCn1ccc(C(=O)Nc2cccc3cccnc23)n1. The van der Waals surface area contributed by atoms with Crippen molar-refractivity contribution in [3.63, 3.8) is 0 Å². The van der Waals surface area contributed by atoms with Gasteiger partial charge in [-0.15, -0.1) is 0 Å². The van der Waals surface area contributed by atoms with Crippen LogP contribution in [0.4, 0.5) is 5.69 Å². The minimum Gasteiger partial charge on any atom is -0.471 e. The lowest BCUT2D eigenvalue weighted by Crippen LogP contribution is -2.14. The highest BCUT2D eigenvalue weighted by atomic mass is 16.5. The molecule has 2 aromatic heterocycles. The quantitative estimate of drug-likeness (QED) is 0.585. The van der Waals surface area contributed by atoms with Crippen LogP contribution in [0.15, 0.2) is 73.1 Å². The molecule has 6 nitrogen and oxygen atoms in total. The van der Waals surface area contributed by atoms with Crippen LogP contribution in [0.3, 0.4) is 0 Å². The van der Waals surface area contributed by atoms with Crippen LogP contribution in [-0.2, 0) is 6.73 Å². The number of carbonyl (C=O) groups is 1. The lowest BCUT2D eigenvalue weighted by molar-refractivity contribution is 0.102. The van der Waals surface area contributed by atoms with Crippen LogP contribution in [0.1, 0.15) is 16.1 Å².